The molecular formula is C11H16O2. The number of hydrogen-bond acceptors (Lipinski definition) is 2. The lowest BCUT2D eigenvalue weighted by Crippen LogP contribution is -2.04. The summed E-state index contributed by atoms with van der Waals surface area (Å²) in [5.41, 5.74) is 1.81. The van der Waals surface area contributed by atoms with Crippen LogP contribution in [0.1, 0.15) is 18.1 Å². The third kappa shape index (κ3) is 2.46. The van der Waals surface area contributed by atoms with Gasteiger partial charge < -0.3 is 10.2 Å². The second-order valence-corrected chi connectivity index (χ2v) is 3.57. The summed E-state index contributed by atoms with van der Waals surface area (Å²) in [6.45, 7) is 4.00. The third-order valence-corrected chi connectivity index (χ3v) is 2.20. The van der Waals surface area contributed by atoms with Gasteiger partial charge in [-0.05, 0) is 30.4 Å². The van der Waals surface area contributed by atoms with Crippen LogP contribution in [0.25, 0.3) is 0 Å². The van der Waals surface area contributed by atoms with E-state index in [0.29, 0.717) is 5.75 Å². The minimum atomic E-state index is 0.160. The van der Waals surface area contributed by atoms with E-state index in [4.69, 9.17) is 5.11 Å². The normalized spacial score (nSPS) is 12.8. The average Bonchev–Trinajstić information content (AvgIpc) is 2.13. The highest BCUT2D eigenvalue weighted by Crippen LogP contribution is 2.23. The van der Waals surface area contributed by atoms with Gasteiger partial charge in [0.05, 0.1) is 0 Å². The van der Waals surface area contributed by atoms with E-state index in [1.165, 1.54) is 0 Å². The highest BCUT2D eigenvalue weighted by atomic mass is 16.3. The van der Waals surface area contributed by atoms with Crippen LogP contribution < -0.4 is 0 Å². The van der Waals surface area contributed by atoms with E-state index in [-0.39, 0.29) is 12.5 Å². The summed E-state index contributed by atoms with van der Waals surface area (Å²) in [6, 6.07) is 5.70. The molecule has 0 amide bonds. The average molecular weight is 180 g/mol. The molecular weight excluding hydrogens is 164 g/mol. The van der Waals surface area contributed by atoms with Gasteiger partial charge >= 0.3 is 0 Å². The summed E-state index contributed by atoms with van der Waals surface area (Å²) in [7, 11) is 0. The van der Waals surface area contributed by atoms with Gasteiger partial charge in [-0.1, -0.05) is 25.1 Å². The molecule has 0 fully saturated rings. The summed E-state index contributed by atoms with van der Waals surface area (Å²) >= 11 is 0. The summed E-state index contributed by atoms with van der Waals surface area (Å²) in [4.78, 5) is 0. The van der Waals surface area contributed by atoms with Gasteiger partial charge in [0.1, 0.15) is 5.75 Å². The highest BCUT2D eigenvalue weighted by molar-refractivity contribution is 5.39. The van der Waals surface area contributed by atoms with Gasteiger partial charge in [0.15, 0.2) is 0 Å². The van der Waals surface area contributed by atoms with Crippen LogP contribution in [0.4, 0.5) is 0 Å². The molecule has 13 heavy (non-hydrogen) atoms. The Morgan fingerprint density at radius 2 is 2.08 bits per heavy atom. The Balaban J connectivity index is 2.83. The molecule has 1 aromatic carbocycles. The third-order valence-electron chi connectivity index (χ3n) is 2.20. The number of aliphatic hydroxyl groups is 1. The van der Waals surface area contributed by atoms with Crippen molar-refractivity contribution in [2.75, 3.05) is 6.61 Å². The first-order chi connectivity index (χ1) is 6.15. The second-order valence-electron chi connectivity index (χ2n) is 3.57. The van der Waals surface area contributed by atoms with Crippen LogP contribution in [0.2, 0.25) is 0 Å². The van der Waals surface area contributed by atoms with Gasteiger partial charge in [0, 0.05) is 6.61 Å². The van der Waals surface area contributed by atoms with Crippen molar-refractivity contribution in [2.45, 2.75) is 20.3 Å². The SMILES string of the molecule is Cc1cccc(CC(C)CO)c1O. The van der Waals surface area contributed by atoms with Crippen LogP contribution in [0, 0.1) is 12.8 Å². The molecule has 1 unspecified atom stereocenters. The molecule has 0 spiro atoms. The van der Waals surface area contributed by atoms with Crippen LogP contribution >= 0.6 is 0 Å². The van der Waals surface area contributed by atoms with Crippen molar-refractivity contribution in [3.05, 3.63) is 29.3 Å². The van der Waals surface area contributed by atoms with E-state index < -0.39 is 0 Å². The fraction of sp³-hybridized carbons (Fsp3) is 0.455. The van der Waals surface area contributed by atoms with Crippen LogP contribution in [0.15, 0.2) is 18.2 Å². The Labute approximate surface area is 78.8 Å². The molecule has 0 radical (unpaired) electrons. The zero-order valence-corrected chi connectivity index (χ0v) is 8.12. The zero-order chi connectivity index (χ0) is 9.84. The highest BCUT2D eigenvalue weighted by Gasteiger charge is 2.07. The lowest BCUT2D eigenvalue weighted by atomic mass is 9.99. The maximum Gasteiger partial charge on any atom is 0.121 e. The first kappa shape index (κ1) is 10.1. The van der Waals surface area contributed by atoms with E-state index in [1.54, 1.807) is 0 Å². The lowest BCUT2D eigenvalue weighted by Gasteiger charge is -2.10. The number of phenolic OH excluding ortho intramolecular Hbond substituents is 1. The lowest BCUT2D eigenvalue weighted by molar-refractivity contribution is 0.236. The fourth-order valence-corrected chi connectivity index (χ4v) is 1.32. The monoisotopic (exact) mass is 180 g/mol. The smallest absolute Gasteiger partial charge is 0.121 e. The minimum Gasteiger partial charge on any atom is -0.507 e. The van der Waals surface area contributed by atoms with Crippen molar-refractivity contribution in [1.82, 2.24) is 0 Å². The van der Waals surface area contributed by atoms with Crippen LogP contribution in [-0.4, -0.2) is 16.8 Å². The van der Waals surface area contributed by atoms with Gasteiger partial charge in [0.2, 0.25) is 0 Å². The molecule has 0 aromatic heterocycles. The Hall–Kier alpha value is -1.02. The van der Waals surface area contributed by atoms with Crippen molar-refractivity contribution >= 4 is 0 Å². The Bertz CT molecular complexity index is 281. The van der Waals surface area contributed by atoms with Crippen molar-refractivity contribution < 1.29 is 10.2 Å². The number of aryl methyl sites for hydroxylation is 1. The minimum absolute atomic E-state index is 0.160. The van der Waals surface area contributed by atoms with Crippen molar-refractivity contribution in [3.63, 3.8) is 0 Å². The number of phenols is 1. The summed E-state index contributed by atoms with van der Waals surface area (Å²) in [6.07, 6.45) is 0.726. The summed E-state index contributed by atoms with van der Waals surface area (Å²) < 4.78 is 0. The Morgan fingerprint density at radius 1 is 1.38 bits per heavy atom. The molecule has 1 aromatic rings. The predicted octanol–water partition coefficient (Wildman–Crippen LogP) is 1.87. The topological polar surface area (TPSA) is 40.5 Å². The zero-order valence-electron chi connectivity index (χ0n) is 8.12. The molecule has 0 saturated heterocycles. The van der Waals surface area contributed by atoms with Gasteiger partial charge in [-0.15, -0.1) is 0 Å². The molecule has 0 aliphatic rings. The summed E-state index contributed by atoms with van der Waals surface area (Å²) in [5.74, 6) is 0.565. The Morgan fingerprint density at radius 3 is 2.69 bits per heavy atom. The molecule has 1 rings (SSSR count). The molecule has 2 heteroatoms. The van der Waals surface area contributed by atoms with Gasteiger partial charge in [-0.25, -0.2) is 0 Å². The van der Waals surface area contributed by atoms with E-state index in [9.17, 15) is 5.11 Å². The number of aliphatic hydroxyl groups excluding tert-OH is 1. The summed E-state index contributed by atoms with van der Waals surface area (Å²) in [5, 5.41) is 18.5. The van der Waals surface area contributed by atoms with Crippen molar-refractivity contribution in [3.8, 4) is 5.75 Å². The molecule has 0 aliphatic heterocycles. The van der Waals surface area contributed by atoms with E-state index >= 15 is 0 Å². The first-order valence-corrected chi connectivity index (χ1v) is 4.53. The second kappa shape index (κ2) is 4.28. The Kier molecular flexibility index (Phi) is 3.32. The standard InChI is InChI=1S/C11H16O2/c1-8(7-12)6-10-5-3-4-9(2)11(10)13/h3-5,8,12-13H,6-7H2,1-2H3. The van der Waals surface area contributed by atoms with Gasteiger partial charge in [-0.3, -0.25) is 0 Å². The first-order valence-electron chi connectivity index (χ1n) is 4.53. The maximum atomic E-state index is 9.66. The molecule has 0 aliphatic carbocycles. The number of benzene rings is 1. The number of hydrogen-bond donors (Lipinski definition) is 2. The number of aromatic hydroxyl groups is 1. The van der Waals surface area contributed by atoms with Gasteiger partial charge in [-0.2, -0.15) is 0 Å². The molecule has 72 valence electrons. The molecule has 0 heterocycles. The fourth-order valence-electron chi connectivity index (χ4n) is 1.32. The number of rotatable bonds is 3. The molecule has 0 bridgehead atoms. The van der Waals surface area contributed by atoms with Crippen LogP contribution in [0.3, 0.4) is 0 Å². The molecule has 1 atom stereocenters. The van der Waals surface area contributed by atoms with Crippen molar-refractivity contribution in [2.24, 2.45) is 5.92 Å². The van der Waals surface area contributed by atoms with E-state index in [1.807, 2.05) is 32.0 Å². The number of para-hydroxylation sites is 1. The van der Waals surface area contributed by atoms with E-state index in [0.717, 1.165) is 17.5 Å². The largest absolute Gasteiger partial charge is 0.507 e. The van der Waals surface area contributed by atoms with Gasteiger partial charge in [0.25, 0.3) is 0 Å². The molecule has 2 nitrogen and oxygen atoms in total. The van der Waals surface area contributed by atoms with Crippen LogP contribution in [0.5, 0.6) is 5.75 Å². The molecule has 2 N–H and O–H groups in total. The predicted molar refractivity (Wildman–Crippen MR) is 52.8 cm³/mol. The maximum absolute atomic E-state index is 9.66. The quantitative estimate of drug-likeness (QED) is 0.745. The van der Waals surface area contributed by atoms with E-state index in [2.05, 4.69) is 0 Å². The molecule has 0 saturated carbocycles. The van der Waals surface area contributed by atoms with Crippen LogP contribution in [-0.2, 0) is 6.42 Å². The van der Waals surface area contributed by atoms with Crippen molar-refractivity contribution in [1.29, 1.82) is 0 Å².